The highest BCUT2D eigenvalue weighted by molar-refractivity contribution is 5.81. The van der Waals surface area contributed by atoms with Crippen LogP contribution in [-0.4, -0.2) is 29.8 Å². The van der Waals surface area contributed by atoms with Gasteiger partial charge < -0.3 is 15.2 Å². The Hall–Kier alpha value is -1.55. The number of hydrogen-bond acceptors (Lipinski definition) is 3. The first kappa shape index (κ1) is 16.5. The van der Waals surface area contributed by atoms with Crippen molar-refractivity contribution in [2.45, 2.75) is 46.3 Å². The van der Waals surface area contributed by atoms with E-state index in [0.717, 1.165) is 0 Å². The van der Waals surface area contributed by atoms with Crippen LogP contribution in [0.1, 0.15) is 34.1 Å². The molecule has 0 heterocycles. The van der Waals surface area contributed by atoms with Crippen LogP contribution in [0.15, 0.2) is 30.3 Å². The van der Waals surface area contributed by atoms with Crippen molar-refractivity contribution in [3.63, 3.8) is 0 Å². The average molecular weight is 279 g/mol. The molecule has 1 aromatic rings. The third kappa shape index (κ3) is 6.06. The highest BCUT2D eigenvalue weighted by atomic mass is 16.5. The lowest BCUT2D eigenvalue weighted by atomic mass is 9.88. The zero-order chi connectivity index (χ0) is 15.2. The molecule has 0 saturated carbocycles. The zero-order valence-corrected chi connectivity index (χ0v) is 12.7. The highest BCUT2D eigenvalue weighted by Crippen LogP contribution is 2.20. The number of para-hydroxylation sites is 1. The number of amides is 1. The van der Waals surface area contributed by atoms with Crippen LogP contribution in [0.2, 0.25) is 0 Å². The lowest BCUT2D eigenvalue weighted by Gasteiger charge is -2.26. The average Bonchev–Trinajstić information content (AvgIpc) is 2.37. The van der Waals surface area contributed by atoms with Gasteiger partial charge in [0.25, 0.3) is 5.91 Å². The second kappa shape index (κ2) is 7.29. The number of carbonyl (C=O) groups excluding carboxylic acids is 1. The molecule has 112 valence electrons. The van der Waals surface area contributed by atoms with Gasteiger partial charge in [0.05, 0.1) is 12.6 Å². The van der Waals surface area contributed by atoms with Gasteiger partial charge in [-0.25, -0.2) is 0 Å². The Balaban J connectivity index is 2.52. The third-order valence-corrected chi connectivity index (χ3v) is 2.85. The summed E-state index contributed by atoms with van der Waals surface area (Å²) in [5, 5.41) is 12.2. The number of rotatable bonds is 6. The first-order valence-corrected chi connectivity index (χ1v) is 6.95. The van der Waals surface area contributed by atoms with Crippen LogP contribution in [0.3, 0.4) is 0 Å². The maximum absolute atomic E-state index is 12.1. The molecule has 2 atom stereocenters. The number of aliphatic hydroxyl groups excluding tert-OH is 1. The van der Waals surface area contributed by atoms with Crippen molar-refractivity contribution in [1.82, 2.24) is 5.32 Å². The highest BCUT2D eigenvalue weighted by Gasteiger charge is 2.22. The molecule has 0 aliphatic rings. The van der Waals surface area contributed by atoms with Crippen molar-refractivity contribution in [2.75, 3.05) is 6.61 Å². The van der Waals surface area contributed by atoms with Crippen LogP contribution in [0, 0.1) is 5.41 Å². The topological polar surface area (TPSA) is 58.6 Å². The Kier molecular flexibility index (Phi) is 6.02. The standard InChI is InChI=1S/C16H25NO3/c1-12(20-14-8-6-5-7-9-14)15(19)17-13(11-18)10-16(2,3)4/h5-9,12-13,18H,10-11H2,1-4H3,(H,17,19). The molecular formula is C16H25NO3. The lowest BCUT2D eigenvalue weighted by Crippen LogP contribution is -2.45. The molecule has 4 nitrogen and oxygen atoms in total. The normalized spacial score (nSPS) is 14.4. The van der Waals surface area contributed by atoms with Gasteiger partial charge in [0.1, 0.15) is 5.75 Å². The Labute approximate surface area is 121 Å². The molecule has 4 heteroatoms. The number of benzene rings is 1. The van der Waals surface area contributed by atoms with Crippen LogP contribution < -0.4 is 10.1 Å². The third-order valence-electron chi connectivity index (χ3n) is 2.85. The molecule has 2 unspecified atom stereocenters. The van der Waals surface area contributed by atoms with Crippen molar-refractivity contribution in [2.24, 2.45) is 5.41 Å². The second-order valence-electron chi connectivity index (χ2n) is 6.23. The zero-order valence-electron chi connectivity index (χ0n) is 12.7. The number of carbonyl (C=O) groups is 1. The molecule has 0 aliphatic carbocycles. The molecule has 1 aromatic carbocycles. The summed E-state index contributed by atoms with van der Waals surface area (Å²) in [7, 11) is 0. The largest absolute Gasteiger partial charge is 0.481 e. The van der Waals surface area contributed by atoms with Crippen LogP contribution in [0.4, 0.5) is 0 Å². The maximum atomic E-state index is 12.1. The Bertz CT molecular complexity index is 411. The molecule has 0 saturated heterocycles. The summed E-state index contributed by atoms with van der Waals surface area (Å²) in [6, 6.07) is 8.98. The summed E-state index contributed by atoms with van der Waals surface area (Å²) in [6.07, 6.45) is 0.124. The van der Waals surface area contributed by atoms with Crippen molar-refractivity contribution in [1.29, 1.82) is 0 Å². The molecule has 20 heavy (non-hydrogen) atoms. The minimum absolute atomic E-state index is 0.0458. The predicted octanol–water partition coefficient (Wildman–Crippen LogP) is 2.37. The van der Waals surface area contributed by atoms with E-state index in [9.17, 15) is 9.90 Å². The number of aliphatic hydroxyl groups is 1. The molecule has 0 fully saturated rings. The summed E-state index contributed by atoms with van der Waals surface area (Å²) in [5.41, 5.74) is 0.0458. The Morgan fingerprint density at radius 2 is 1.90 bits per heavy atom. The van der Waals surface area contributed by atoms with E-state index < -0.39 is 6.10 Å². The van der Waals surface area contributed by atoms with E-state index in [1.807, 2.05) is 30.3 Å². The first-order valence-electron chi connectivity index (χ1n) is 6.95. The molecule has 0 bridgehead atoms. The number of nitrogens with one attached hydrogen (secondary N) is 1. The fourth-order valence-electron chi connectivity index (χ4n) is 1.98. The fourth-order valence-corrected chi connectivity index (χ4v) is 1.98. The van der Waals surface area contributed by atoms with Crippen molar-refractivity contribution in [3.05, 3.63) is 30.3 Å². The first-order chi connectivity index (χ1) is 9.31. The summed E-state index contributed by atoms with van der Waals surface area (Å²) in [4.78, 5) is 12.1. The van der Waals surface area contributed by atoms with Gasteiger partial charge in [-0.15, -0.1) is 0 Å². The van der Waals surface area contributed by atoms with Crippen LogP contribution in [0.25, 0.3) is 0 Å². The fraction of sp³-hybridized carbons (Fsp3) is 0.562. The molecule has 0 spiro atoms. The monoisotopic (exact) mass is 279 g/mol. The van der Waals surface area contributed by atoms with Crippen LogP contribution in [-0.2, 0) is 4.79 Å². The molecule has 2 N–H and O–H groups in total. The van der Waals surface area contributed by atoms with E-state index in [1.54, 1.807) is 6.92 Å². The Morgan fingerprint density at radius 1 is 1.30 bits per heavy atom. The smallest absolute Gasteiger partial charge is 0.261 e. The number of ether oxygens (including phenoxy) is 1. The quantitative estimate of drug-likeness (QED) is 0.840. The molecule has 1 rings (SSSR count). The van der Waals surface area contributed by atoms with Gasteiger partial charge in [-0.1, -0.05) is 39.0 Å². The SMILES string of the molecule is CC(Oc1ccccc1)C(=O)NC(CO)CC(C)(C)C. The van der Waals surface area contributed by atoms with Crippen molar-refractivity contribution < 1.29 is 14.6 Å². The van der Waals surface area contributed by atoms with Gasteiger partial charge >= 0.3 is 0 Å². The summed E-state index contributed by atoms with van der Waals surface area (Å²) in [6.45, 7) is 7.86. The van der Waals surface area contributed by atoms with E-state index >= 15 is 0 Å². The number of hydrogen-bond donors (Lipinski definition) is 2. The van der Waals surface area contributed by atoms with E-state index in [4.69, 9.17) is 4.74 Å². The van der Waals surface area contributed by atoms with E-state index in [0.29, 0.717) is 12.2 Å². The molecule has 0 aliphatic heterocycles. The lowest BCUT2D eigenvalue weighted by molar-refractivity contribution is -0.128. The van der Waals surface area contributed by atoms with Crippen LogP contribution >= 0.6 is 0 Å². The van der Waals surface area contributed by atoms with Crippen molar-refractivity contribution in [3.8, 4) is 5.75 Å². The molecular weight excluding hydrogens is 254 g/mol. The Morgan fingerprint density at radius 3 is 2.40 bits per heavy atom. The van der Waals surface area contributed by atoms with Gasteiger partial charge in [-0.05, 0) is 30.9 Å². The van der Waals surface area contributed by atoms with Crippen LogP contribution in [0.5, 0.6) is 5.75 Å². The van der Waals surface area contributed by atoms with Gasteiger partial charge in [-0.3, -0.25) is 4.79 Å². The molecule has 0 radical (unpaired) electrons. The minimum Gasteiger partial charge on any atom is -0.481 e. The van der Waals surface area contributed by atoms with E-state index in [1.165, 1.54) is 0 Å². The summed E-state index contributed by atoms with van der Waals surface area (Å²) >= 11 is 0. The molecule has 0 aromatic heterocycles. The second-order valence-corrected chi connectivity index (χ2v) is 6.23. The molecule has 1 amide bonds. The predicted molar refractivity (Wildman–Crippen MR) is 79.6 cm³/mol. The van der Waals surface area contributed by atoms with Gasteiger partial charge in [-0.2, -0.15) is 0 Å². The van der Waals surface area contributed by atoms with E-state index in [-0.39, 0.29) is 24.0 Å². The van der Waals surface area contributed by atoms with Gasteiger partial charge in [0.15, 0.2) is 6.10 Å². The van der Waals surface area contributed by atoms with Gasteiger partial charge in [0.2, 0.25) is 0 Å². The van der Waals surface area contributed by atoms with E-state index in [2.05, 4.69) is 26.1 Å². The van der Waals surface area contributed by atoms with Crippen molar-refractivity contribution >= 4 is 5.91 Å². The summed E-state index contributed by atoms with van der Waals surface area (Å²) < 4.78 is 5.56. The minimum atomic E-state index is -0.591. The van der Waals surface area contributed by atoms with Gasteiger partial charge in [0, 0.05) is 0 Å². The summed E-state index contributed by atoms with van der Waals surface area (Å²) in [5.74, 6) is 0.448. The maximum Gasteiger partial charge on any atom is 0.261 e.